The van der Waals surface area contributed by atoms with Gasteiger partial charge in [-0.1, -0.05) is 12.1 Å². The van der Waals surface area contributed by atoms with Crippen LogP contribution in [0.5, 0.6) is 11.5 Å². The number of anilines is 3. The van der Waals surface area contributed by atoms with Gasteiger partial charge in [-0.15, -0.1) is 29.8 Å². The van der Waals surface area contributed by atoms with E-state index in [1.165, 1.54) is 0 Å². The Morgan fingerprint density at radius 2 is 1.33 bits per heavy atom. The fraction of sp³-hybridized carbons (Fsp3) is 0.0800. The molecule has 0 spiro atoms. The Kier molecular flexibility index (Phi) is 7.23. The fourth-order valence-corrected chi connectivity index (χ4v) is 3.17. The topological polar surface area (TPSA) is 34.6 Å². The molecule has 0 N–H and O–H groups in total. The predicted molar refractivity (Wildman–Crippen MR) is 116 cm³/mol. The zero-order valence-electron chi connectivity index (χ0n) is 16.7. The molecule has 153 valence electrons. The van der Waals surface area contributed by atoms with Gasteiger partial charge in [-0.05, 0) is 66.0 Å². The first-order valence-electron chi connectivity index (χ1n) is 9.30. The van der Waals surface area contributed by atoms with Gasteiger partial charge in [0.25, 0.3) is 0 Å². The maximum absolute atomic E-state index is 5.32. The number of benzene rings is 3. The molecule has 0 aliphatic heterocycles. The summed E-state index contributed by atoms with van der Waals surface area (Å²) < 4.78 is 10.6. The monoisotopic (exact) mass is 574 g/mol. The van der Waals surface area contributed by atoms with E-state index in [0.29, 0.717) is 0 Å². The molecule has 1 radical (unpaired) electrons. The normalized spacial score (nSPS) is 10.1. The molecule has 0 fully saturated rings. The molecule has 0 saturated heterocycles. The number of methoxy groups -OCH3 is 2. The Bertz CT molecular complexity index is 1020. The summed E-state index contributed by atoms with van der Waals surface area (Å²) in [6.45, 7) is 0. The van der Waals surface area contributed by atoms with E-state index in [1.54, 1.807) is 20.4 Å². The van der Waals surface area contributed by atoms with Gasteiger partial charge in [0, 0.05) is 37.7 Å². The molecule has 4 aromatic rings. The van der Waals surface area contributed by atoms with Crippen LogP contribution in [-0.4, -0.2) is 19.2 Å². The first-order chi connectivity index (χ1) is 14.3. The second-order valence-electron chi connectivity index (χ2n) is 6.41. The van der Waals surface area contributed by atoms with Gasteiger partial charge >= 0.3 is 0 Å². The van der Waals surface area contributed by atoms with Crippen LogP contribution in [0.2, 0.25) is 0 Å². The van der Waals surface area contributed by atoms with Gasteiger partial charge in [-0.25, -0.2) is 0 Å². The van der Waals surface area contributed by atoms with Crippen LogP contribution in [0.3, 0.4) is 0 Å². The van der Waals surface area contributed by atoms with E-state index < -0.39 is 0 Å². The van der Waals surface area contributed by atoms with E-state index in [9.17, 15) is 0 Å². The Balaban J connectivity index is 0.00000256. The third-order valence-electron chi connectivity index (χ3n) is 4.65. The first-order valence-corrected chi connectivity index (χ1v) is 9.30. The number of rotatable bonds is 6. The number of ether oxygens (including phenoxy) is 2. The minimum atomic E-state index is 0. The van der Waals surface area contributed by atoms with E-state index in [-0.39, 0.29) is 20.1 Å². The second kappa shape index (κ2) is 10.1. The van der Waals surface area contributed by atoms with Gasteiger partial charge in [0.15, 0.2) is 0 Å². The Morgan fingerprint density at radius 1 is 0.733 bits per heavy atom. The Morgan fingerprint density at radius 3 is 1.83 bits per heavy atom. The van der Waals surface area contributed by atoms with E-state index in [0.717, 1.165) is 39.8 Å². The van der Waals surface area contributed by atoms with Crippen LogP contribution in [-0.2, 0) is 20.1 Å². The zero-order chi connectivity index (χ0) is 20.1. The van der Waals surface area contributed by atoms with Gasteiger partial charge in [-0.3, -0.25) is 0 Å². The molecule has 30 heavy (non-hydrogen) atoms. The summed E-state index contributed by atoms with van der Waals surface area (Å²) in [6.07, 6.45) is 1.79. The van der Waals surface area contributed by atoms with Crippen molar-refractivity contribution in [2.75, 3.05) is 19.1 Å². The minimum Gasteiger partial charge on any atom is -0.497 e. The van der Waals surface area contributed by atoms with Crippen LogP contribution in [0.1, 0.15) is 0 Å². The molecule has 0 saturated carbocycles. The summed E-state index contributed by atoms with van der Waals surface area (Å²) >= 11 is 0. The molecule has 0 unspecified atom stereocenters. The van der Waals surface area contributed by atoms with Crippen molar-refractivity contribution in [2.45, 2.75) is 0 Å². The number of pyridine rings is 1. The first kappa shape index (κ1) is 21.6. The van der Waals surface area contributed by atoms with Gasteiger partial charge < -0.3 is 19.4 Å². The maximum atomic E-state index is 5.32. The van der Waals surface area contributed by atoms with Gasteiger partial charge in [0.2, 0.25) is 0 Å². The molecule has 5 heteroatoms. The molecule has 0 aliphatic carbocycles. The molecular weight excluding hydrogens is 553 g/mol. The molecular formula is C25H21IrN2O2-. The molecule has 4 nitrogen and oxygen atoms in total. The largest absolute Gasteiger partial charge is 0.497 e. The smallest absolute Gasteiger partial charge is 0.119 e. The number of hydrogen-bond acceptors (Lipinski definition) is 4. The molecule has 0 bridgehead atoms. The number of aromatic nitrogens is 1. The molecule has 4 rings (SSSR count). The van der Waals surface area contributed by atoms with Gasteiger partial charge in [0.05, 0.1) is 14.2 Å². The Labute approximate surface area is 190 Å². The van der Waals surface area contributed by atoms with E-state index in [1.807, 2.05) is 78.9 Å². The summed E-state index contributed by atoms with van der Waals surface area (Å²) in [5, 5.41) is 0. The quantitative estimate of drug-likeness (QED) is 0.264. The predicted octanol–water partition coefficient (Wildman–Crippen LogP) is 6.03. The molecule has 0 amide bonds. The average molecular weight is 574 g/mol. The van der Waals surface area contributed by atoms with E-state index in [4.69, 9.17) is 9.47 Å². The number of hydrogen-bond donors (Lipinski definition) is 0. The standard InChI is InChI=1S/C25H21N2O2.Ir/c1-28-23-13-9-20(10-14-23)27(21-11-15-24(29-2)16-12-21)22-7-5-6-19(18-22)25-8-3-4-17-26-25;/h3-5,7-18H,1-2H3;/q-1;. The van der Waals surface area contributed by atoms with Crippen molar-refractivity contribution < 1.29 is 29.6 Å². The van der Waals surface area contributed by atoms with Crippen LogP contribution < -0.4 is 14.4 Å². The summed E-state index contributed by atoms with van der Waals surface area (Å²) in [6, 6.07) is 31.2. The van der Waals surface area contributed by atoms with Crippen molar-refractivity contribution in [3.05, 3.63) is 97.2 Å². The average Bonchev–Trinajstić information content (AvgIpc) is 2.81. The van der Waals surface area contributed by atoms with Crippen molar-refractivity contribution >= 4 is 17.1 Å². The van der Waals surface area contributed by atoms with Crippen molar-refractivity contribution in [1.29, 1.82) is 0 Å². The van der Waals surface area contributed by atoms with E-state index in [2.05, 4.69) is 22.0 Å². The summed E-state index contributed by atoms with van der Waals surface area (Å²) in [5.74, 6) is 1.64. The zero-order valence-corrected chi connectivity index (χ0v) is 19.1. The summed E-state index contributed by atoms with van der Waals surface area (Å²) in [5.41, 5.74) is 4.89. The third kappa shape index (κ3) is 4.70. The van der Waals surface area contributed by atoms with Crippen LogP contribution in [0.15, 0.2) is 91.1 Å². The molecule has 3 aromatic carbocycles. The molecule has 1 aromatic heterocycles. The van der Waals surface area contributed by atoms with Crippen molar-refractivity contribution in [3.63, 3.8) is 0 Å². The Hall–Kier alpha value is -3.14. The van der Waals surface area contributed by atoms with Crippen LogP contribution in [0, 0.1) is 6.07 Å². The van der Waals surface area contributed by atoms with Crippen LogP contribution >= 0.6 is 0 Å². The maximum Gasteiger partial charge on any atom is 0.119 e. The third-order valence-corrected chi connectivity index (χ3v) is 4.65. The van der Waals surface area contributed by atoms with E-state index >= 15 is 0 Å². The van der Waals surface area contributed by atoms with Gasteiger partial charge in [-0.2, -0.15) is 0 Å². The molecule has 0 atom stereocenters. The molecule has 0 aliphatic rings. The van der Waals surface area contributed by atoms with Crippen molar-refractivity contribution in [3.8, 4) is 22.8 Å². The second-order valence-corrected chi connectivity index (χ2v) is 6.41. The van der Waals surface area contributed by atoms with Crippen molar-refractivity contribution in [2.24, 2.45) is 0 Å². The fourth-order valence-electron chi connectivity index (χ4n) is 3.17. The summed E-state index contributed by atoms with van der Waals surface area (Å²) in [4.78, 5) is 6.64. The number of nitrogens with zero attached hydrogens (tertiary/aromatic N) is 2. The summed E-state index contributed by atoms with van der Waals surface area (Å²) in [7, 11) is 3.34. The SMILES string of the molecule is COc1ccc(N(c2ccc(OC)cc2)c2cc[c-]c(-c3ccccn3)c2)cc1.[Ir]. The minimum absolute atomic E-state index is 0. The van der Waals surface area contributed by atoms with Gasteiger partial charge in [0.1, 0.15) is 11.5 Å². The molecule has 1 heterocycles. The van der Waals surface area contributed by atoms with Crippen molar-refractivity contribution in [1.82, 2.24) is 4.98 Å². The van der Waals surface area contributed by atoms with Crippen LogP contribution in [0.4, 0.5) is 17.1 Å². The van der Waals surface area contributed by atoms with Crippen LogP contribution in [0.25, 0.3) is 11.3 Å².